The lowest BCUT2D eigenvalue weighted by atomic mass is 9.92. The Hall–Kier alpha value is -3.90. The van der Waals surface area contributed by atoms with Crippen LogP contribution in [-0.2, 0) is 10.4 Å². The molecule has 188 valence electrons. The lowest BCUT2D eigenvalue weighted by molar-refractivity contribution is -0.114. The van der Waals surface area contributed by atoms with Crippen LogP contribution in [0.5, 0.6) is 0 Å². The first-order valence-electron chi connectivity index (χ1n) is 12.9. The molecule has 1 aliphatic carbocycles. The summed E-state index contributed by atoms with van der Waals surface area (Å²) in [4.78, 5) is 31.0. The number of carbonyl (C=O) groups is 2. The van der Waals surface area contributed by atoms with Crippen LogP contribution in [0.4, 0.5) is 5.69 Å². The van der Waals surface area contributed by atoms with Gasteiger partial charge in [0.05, 0.1) is 16.7 Å². The number of nitrogens with two attached hydrogens (primary N) is 1. The zero-order valence-corrected chi connectivity index (χ0v) is 21.4. The average Bonchev–Trinajstić information content (AvgIpc) is 3.41. The molecule has 4 aromatic rings. The Labute approximate surface area is 215 Å². The number of amides is 2. The topological polar surface area (TPSA) is 99.4 Å². The summed E-state index contributed by atoms with van der Waals surface area (Å²) in [5.41, 5.74) is 13.6. The highest BCUT2D eigenvalue weighted by Gasteiger charge is 2.33. The van der Waals surface area contributed by atoms with Crippen molar-refractivity contribution < 1.29 is 14.7 Å². The monoisotopic (exact) mass is 493 g/mol. The Bertz CT molecular complexity index is 1650. The van der Waals surface area contributed by atoms with Crippen molar-refractivity contribution >= 4 is 39.3 Å². The van der Waals surface area contributed by atoms with Gasteiger partial charge in [-0.25, -0.2) is 0 Å². The number of aromatic amines is 1. The summed E-state index contributed by atoms with van der Waals surface area (Å²) in [6.45, 7) is 6.22. The number of fused-ring (bicyclic) bond motifs is 3. The van der Waals surface area contributed by atoms with Crippen LogP contribution in [0.3, 0.4) is 0 Å². The summed E-state index contributed by atoms with van der Waals surface area (Å²) >= 11 is 0. The van der Waals surface area contributed by atoms with Gasteiger partial charge in [-0.3, -0.25) is 9.59 Å². The van der Waals surface area contributed by atoms with Gasteiger partial charge >= 0.3 is 0 Å². The number of benzene rings is 3. The molecule has 2 heterocycles. The standard InChI is InChI=1S/C31H31N3O3/c1-17-20(9-6-10-26(17)34-16-18-7-4-5-8-21(18)30(34)36)22-13-14-24(29(32)35)28-27(22)23-12-11-19(31(2,3)37)15-25(23)33-28/h6,9-15,33,37H,4-5,7-8,16H2,1-3H3,(H2,32,35). The number of anilines is 1. The van der Waals surface area contributed by atoms with Gasteiger partial charge in [-0.15, -0.1) is 0 Å². The number of aliphatic hydroxyl groups is 1. The Morgan fingerprint density at radius 2 is 1.84 bits per heavy atom. The first kappa shape index (κ1) is 23.5. The molecule has 4 N–H and O–H groups in total. The molecule has 1 aliphatic heterocycles. The van der Waals surface area contributed by atoms with Crippen LogP contribution in [0.25, 0.3) is 32.9 Å². The van der Waals surface area contributed by atoms with Crippen molar-refractivity contribution in [3.8, 4) is 11.1 Å². The van der Waals surface area contributed by atoms with Crippen LogP contribution in [-0.4, -0.2) is 28.4 Å². The minimum Gasteiger partial charge on any atom is -0.386 e. The van der Waals surface area contributed by atoms with E-state index in [9.17, 15) is 14.7 Å². The number of aromatic nitrogens is 1. The minimum atomic E-state index is -0.999. The van der Waals surface area contributed by atoms with Crippen molar-refractivity contribution in [2.75, 3.05) is 11.4 Å². The van der Waals surface area contributed by atoms with E-state index in [1.807, 2.05) is 41.3 Å². The summed E-state index contributed by atoms with van der Waals surface area (Å²) in [7, 11) is 0. The van der Waals surface area contributed by atoms with Crippen LogP contribution in [0.2, 0.25) is 0 Å². The van der Waals surface area contributed by atoms with E-state index in [0.29, 0.717) is 17.6 Å². The van der Waals surface area contributed by atoms with E-state index in [1.165, 1.54) is 5.57 Å². The van der Waals surface area contributed by atoms with Crippen molar-refractivity contribution in [2.24, 2.45) is 5.73 Å². The first-order chi connectivity index (χ1) is 17.6. The lowest BCUT2D eigenvalue weighted by Crippen LogP contribution is -2.27. The molecule has 1 aromatic heterocycles. The Kier molecular flexibility index (Phi) is 5.28. The maximum atomic E-state index is 13.3. The highest BCUT2D eigenvalue weighted by atomic mass is 16.3. The van der Waals surface area contributed by atoms with Gasteiger partial charge in [0.25, 0.3) is 11.8 Å². The fourth-order valence-electron chi connectivity index (χ4n) is 6.05. The van der Waals surface area contributed by atoms with Gasteiger partial charge in [-0.05, 0) is 92.5 Å². The van der Waals surface area contributed by atoms with Crippen molar-refractivity contribution in [1.82, 2.24) is 4.98 Å². The molecule has 0 fully saturated rings. The van der Waals surface area contributed by atoms with Gasteiger partial charge in [-0.1, -0.05) is 30.3 Å². The van der Waals surface area contributed by atoms with Gasteiger partial charge in [0.1, 0.15) is 0 Å². The Balaban J connectivity index is 1.55. The van der Waals surface area contributed by atoms with Gasteiger partial charge < -0.3 is 20.7 Å². The van der Waals surface area contributed by atoms with E-state index in [4.69, 9.17) is 5.73 Å². The summed E-state index contributed by atoms with van der Waals surface area (Å²) < 4.78 is 0. The van der Waals surface area contributed by atoms with E-state index in [-0.39, 0.29) is 5.91 Å². The number of hydrogen-bond donors (Lipinski definition) is 3. The summed E-state index contributed by atoms with van der Waals surface area (Å²) in [6, 6.07) is 15.6. The summed E-state index contributed by atoms with van der Waals surface area (Å²) in [6.07, 6.45) is 4.12. The van der Waals surface area contributed by atoms with Crippen LogP contribution < -0.4 is 10.6 Å². The molecule has 6 rings (SSSR count). The van der Waals surface area contributed by atoms with Gasteiger partial charge in [0.2, 0.25) is 0 Å². The molecule has 37 heavy (non-hydrogen) atoms. The number of nitrogens with zero attached hydrogens (tertiary/aromatic N) is 1. The molecule has 0 bridgehead atoms. The summed E-state index contributed by atoms with van der Waals surface area (Å²) in [5, 5.41) is 12.4. The molecule has 2 aliphatic rings. The third-order valence-electron chi connectivity index (χ3n) is 8.05. The molecule has 0 saturated carbocycles. The SMILES string of the molecule is Cc1c(-c2ccc(C(N)=O)c3[nH]c4cc(C(C)(C)O)ccc4c23)cccc1N1CC2=C(CCCC2)C1=O. The average molecular weight is 494 g/mol. The van der Waals surface area contributed by atoms with Gasteiger partial charge in [0, 0.05) is 34.1 Å². The molecule has 6 heteroatoms. The number of hydrogen-bond acceptors (Lipinski definition) is 3. The minimum absolute atomic E-state index is 0.135. The first-order valence-corrected chi connectivity index (χ1v) is 12.9. The van der Waals surface area contributed by atoms with E-state index in [2.05, 4.69) is 18.0 Å². The van der Waals surface area contributed by atoms with Crippen LogP contribution in [0.15, 0.2) is 59.7 Å². The quantitative estimate of drug-likeness (QED) is 0.333. The third kappa shape index (κ3) is 3.66. The fraction of sp³-hybridized carbons (Fsp3) is 0.290. The molecule has 3 aromatic carbocycles. The molecule has 0 atom stereocenters. The predicted molar refractivity (Wildman–Crippen MR) is 148 cm³/mol. The normalized spacial score (nSPS) is 16.2. The van der Waals surface area contributed by atoms with Crippen molar-refractivity contribution in [3.63, 3.8) is 0 Å². The van der Waals surface area contributed by atoms with E-state index in [0.717, 1.165) is 75.5 Å². The number of carbonyl (C=O) groups excluding carboxylic acids is 2. The van der Waals surface area contributed by atoms with Crippen molar-refractivity contribution in [3.05, 3.63) is 76.4 Å². The zero-order valence-electron chi connectivity index (χ0n) is 21.4. The lowest BCUT2D eigenvalue weighted by Gasteiger charge is -2.22. The van der Waals surface area contributed by atoms with Crippen LogP contribution >= 0.6 is 0 Å². The molecule has 6 nitrogen and oxygen atoms in total. The maximum Gasteiger partial charge on any atom is 0.254 e. The molecule has 0 spiro atoms. The highest BCUT2D eigenvalue weighted by molar-refractivity contribution is 6.20. The number of rotatable bonds is 4. The third-order valence-corrected chi connectivity index (χ3v) is 8.05. The van der Waals surface area contributed by atoms with E-state index in [1.54, 1.807) is 19.9 Å². The van der Waals surface area contributed by atoms with Crippen LogP contribution in [0.1, 0.15) is 61.0 Å². The second kappa shape index (κ2) is 8.32. The zero-order chi connectivity index (χ0) is 26.1. The number of primary amides is 1. The fourth-order valence-corrected chi connectivity index (χ4v) is 6.05. The second-order valence-electron chi connectivity index (χ2n) is 10.8. The molecular weight excluding hydrogens is 462 g/mol. The number of nitrogens with one attached hydrogen (secondary N) is 1. The predicted octanol–water partition coefficient (Wildman–Crippen LogP) is 5.84. The van der Waals surface area contributed by atoms with E-state index >= 15 is 0 Å². The number of H-pyrrole nitrogens is 1. The summed E-state index contributed by atoms with van der Waals surface area (Å²) in [5.74, 6) is -0.369. The molecule has 0 saturated heterocycles. The largest absolute Gasteiger partial charge is 0.386 e. The van der Waals surface area contributed by atoms with Gasteiger partial charge in [-0.2, -0.15) is 0 Å². The smallest absolute Gasteiger partial charge is 0.254 e. The van der Waals surface area contributed by atoms with Gasteiger partial charge in [0.15, 0.2) is 0 Å². The molecule has 2 amide bonds. The van der Waals surface area contributed by atoms with Crippen molar-refractivity contribution in [2.45, 2.75) is 52.1 Å². The van der Waals surface area contributed by atoms with Crippen molar-refractivity contribution in [1.29, 1.82) is 0 Å². The molecule has 0 radical (unpaired) electrons. The highest BCUT2D eigenvalue weighted by Crippen LogP contribution is 2.42. The second-order valence-corrected chi connectivity index (χ2v) is 10.8. The molecule has 0 unspecified atom stereocenters. The Morgan fingerprint density at radius 1 is 1.05 bits per heavy atom. The molecular formula is C31H31N3O3. The van der Waals surface area contributed by atoms with E-state index < -0.39 is 11.5 Å². The van der Waals surface area contributed by atoms with Crippen LogP contribution in [0, 0.1) is 6.92 Å². The maximum absolute atomic E-state index is 13.3. The Morgan fingerprint density at radius 3 is 2.57 bits per heavy atom.